The summed E-state index contributed by atoms with van der Waals surface area (Å²) in [5.41, 5.74) is 0.586. The lowest BCUT2D eigenvalue weighted by molar-refractivity contribution is -0.148. The van der Waals surface area contributed by atoms with Crippen molar-refractivity contribution < 1.29 is 19.1 Å². The van der Waals surface area contributed by atoms with E-state index in [9.17, 15) is 9.59 Å². The second kappa shape index (κ2) is 9.53. The van der Waals surface area contributed by atoms with Crippen molar-refractivity contribution in [3.05, 3.63) is 83.1 Å². The molecular weight excluding hydrogens is 374 g/mol. The van der Waals surface area contributed by atoms with E-state index in [1.165, 1.54) is 24.3 Å². The van der Waals surface area contributed by atoms with Crippen LogP contribution in [0.1, 0.15) is 11.8 Å². The Morgan fingerprint density at radius 3 is 2.36 bits per heavy atom. The van der Waals surface area contributed by atoms with Crippen LogP contribution in [-0.2, 0) is 14.3 Å². The maximum atomic E-state index is 12.2. The zero-order valence-corrected chi connectivity index (χ0v) is 16.0. The number of thiophene rings is 1. The molecule has 0 fully saturated rings. The van der Waals surface area contributed by atoms with E-state index in [1.807, 2.05) is 47.8 Å². The fourth-order valence-electron chi connectivity index (χ4n) is 2.28. The molecule has 1 amide bonds. The van der Waals surface area contributed by atoms with Gasteiger partial charge < -0.3 is 14.8 Å². The summed E-state index contributed by atoms with van der Waals surface area (Å²) in [6.45, 7) is 1.53. The van der Waals surface area contributed by atoms with Crippen LogP contribution in [0.5, 0.6) is 11.5 Å². The van der Waals surface area contributed by atoms with Crippen LogP contribution in [0.25, 0.3) is 6.08 Å². The van der Waals surface area contributed by atoms with Gasteiger partial charge in [-0.05, 0) is 60.8 Å². The number of anilines is 1. The molecule has 0 saturated carbocycles. The number of nitrogens with one attached hydrogen (secondary N) is 1. The Labute approximate surface area is 167 Å². The van der Waals surface area contributed by atoms with Gasteiger partial charge in [0.1, 0.15) is 11.5 Å². The lowest BCUT2D eigenvalue weighted by Gasteiger charge is -2.13. The molecule has 5 nitrogen and oxygen atoms in total. The summed E-state index contributed by atoms with van der Waals surface area (Å²) in [5.74, 6) is 0.412. The van der Waals surface area contributed by atoms with E-state index >= 15 is 0 Å². The van der Waals surface area contributed by atoms with Gasteiger partial charge in [-0.15, -0.1) is 11.3 Å². The summed E-state index contributed by atoms with van der Waals surface area (Å²) in [6, 6.07) is 20.1. The molecule has 0 aliphatic heterocycles. The highest BCUT2D eigenvalue weighted by molar-refractivity contribution is 7.10. The summed E-state index contributed by atoms with van der Waals surface area (Å²) in [6.07, 6.45) is 2.05. The number of carbonyl (C=O) groups is 2. The van der Waals surface area contributed by atoms with E-state index in [4.69, 9.17) is 9.47 Å². The topological polar surface area (TPSA) is 64.6 Å². The average Bonchev–Trinajstić information content (AvgIpc) is 3.22. The first-order valence-corrected chi connectivity index (χ1v) is 9.54. The summed E-state index contributed by atoms with van der Waals surface area (Å²) in [7, 11) is 0. The molecule has 3 aromatic rings. The molecule has 3 rings (SSSR count). The molecule has 1 heterocycles. The molecule has 0 spiro atoms. The highest BCUT2D eigenvalue weighted by Crippen LogP contribution is 2.22. The van der Waals surface area contributed by atoms with Crippen molar-refractivity contribution in [3.63, 3.8) is 0 Å². The molecule has 6 heteroatoms. The van der Waals surface area contributed by atoms with Crippen LogP contribution in [0.4, 0.5) is 5.69 Å². The minimum atomic E-state index is -0.916. The molecule has 0 aliphatic rings. The normalized spacial score (nSPS) is 11.8. The van der Waals surface area contributed by atoms with Crippen LogP contribution in [0.2, 0.25) is 0 Å². The predicted molar refractivity (Wildman–Crippen MR) is 110 cm³/mol. The number of ether oxygens (including phenoxy) is 2. The van der Waals surface area contributed by atoms with Crippen molar-refractivity contribution >= 4 is 35.0 Å². The Hall–Kier alpha value is -3.38. The predicted octanol–water partition coefficient (Wildman–Crippen LogP) is 5.12. The van der Waals surface area contributed by atoms with Gasteiger partial charge in [-0.2, -0.15) is 0 Å². The Kier molecular flexibility index (Phi) is 6.59. The van der Waals surface area contributed by atoms with E-state index < -0.39 is 18.0 Å². The molecule has 0 saturated heterocycles. The van der Waals surface area contributed by atoms with Crippen molar-refractivity contribution in [1.29, 1.82) is 0 Å². The van der Waals surface area contributed by atoms with Crippen LogP contribution >= 0.6 is 11.3 Å². The van der Waals surface area contributed by atoms with Gasteiger partial charge in [0, 0.05) is 16.6 Å². The van der Waals surface area contributed by atoms with E-state index in [2.05, 4.69) is 5.32 Å². The second-order valence-corrected chi connectivity index (χ2v) is 6.84. The lowest BCUT2D eigenvalue weighted by Crippen LogP contribution is -2.29. The van der Waals surface area contributed by atoms with Crippen molar-refractivity contribution in [2.45, 2.75) is 13.0 Å². The van der Waals surface area contributed by atoms with Gasteiger partial charge in [0.15, 0.2) is 6.10 Å². The van der Waals surface area contributed by atoms with E-state index in [0.717, 1.165) is 10.6 Å². The maximum Gasteiger partial charge on any atom is 0.331 e. The molecule has 1 N–H and O–H groups in total. The summed E-state index contributed by atoms with van der Waals surface area (Å²) < 4.78 is 10.8. The monoisotopic (exact) mass is 393 g/mol. The number of amides is 1. The van der Waals surface area contributed by atoms with Crippen molar-refractivity contribution in [3.8, 4) is 11.5 Å². The van der Waals surface area contributed by atoms with E-state index in [0.29, 0.717) is 11.4 Å². The highest BCUT2D eigenvalue weighted by Gasteiger charge is 2.16. The Morgan fingerprint density at radius 1 is 0.964 bits per heavy atom. The Balaban J connectivity index is 1.50. The van der Waals surface area contributed by atoms with Gasteiger partial charge in [-0.3, -0.25) is 4.79 Å². The van der Waals surface area contributed by atoms with E-state index in [1.54, 1.807) is 30.3 Å². The van der Waals surface area contributed by atoms with Gasteiger partial charge in [0.05, 0.1) is 0 Å². The number of benzene rings is 2. The average molecular weight is 393 g/mol. The van der Waals surface area contributed by atoms with Gasteiger partial charge >= 0.3 is 5.97 Å². The third-order valence-electron chi connectivity index (χ3n) is 3.69. The molecule has 0 radical (unpaired) electrons. The molecule has 1 atom stereocenters. The van der Waals surface area contributed by atoms with Crippen LogP contribution < -0.4 is 10.1 Å². The van der Waals surface area contributed by atoms with E-state index in [-0.39, 0.29) is 0 Å². The van der Waals surface area contributed by atoms with Crippen LogP contribution in [0.15, 0.2) is 78.2 Å². The van der Waals surface area contributed by atoms with Crippen LogP contribution in [0, 0.1) is 0 Å². The molecular formula is C22H19NO4S. The van der Waals surface area contributed by atoms with Crippen molar-refractivity contribution in [1.82, 2.24) is 0 Å². The molecule has 28 heavy (non-hydrogen) atoms. The zero-order chi connectivity index (χ0) is 19.8. The molecule has 1 aromatic heterocycles. The van der Waals surface area contributed by atoms with Gasteiger partial charge in [-0.1, -0.05) is 24.3 Å². The number of rotatable bonds is 7. The molecule has 0 bridgehead atoms. The lowest BCUT2D eigenvalue weighted by atomic mass is 10.2. The number of carbonyl (C=O) groups excluding carboxylic acids is 2. The molecule has 142 valence electrons. The minimum Gasteiger partial charge on any atom is -0.457 e. The molecule has 1 unspecified atom stereocenters. The van der Waals surface area contributed by atoms with Crippen LogP contribution in [0.3, 0.4) is 0 Å². The first-order valence-electron chi connectivity index (χ1n) is 8.66. The first-order chi connectivity index (χ1) is 13.6. The first kappa shape index (κ1) is 19.4. The second-order valence-electron chi connectivity index (χ2n) is 5.86. The summed E-state index contributed by atoms with van der Waals surface area (Å²) in [5, 5.41) is 4.63. The molecule has 0 aliphatic carbocycles. The van der Waals surface area contributed by atoms with Crippen molar-refractivity contribution in [2.24, 2.45) is 0 Å². The quantitative estimate of drug-likeness (QED) is 0.447. The zero-order valence-electron chi connectivity index (χ0n) is 15.2. The SMILES string of the molecule is CC(OC(=O)C=Cc1cccs1)C(=O)Nc1ccc(Oc2ccccc2)cc1. The maximum absolute atomic E-state index is 12.2. The van der Waals surface area contributed by atoms with Crippen molar-refractivity contribution in [2.75, 3.05) is 5.32 Å². The molecule has 2 aromatic carbocycles. The number of hydrogen-bond acceptors (Lipinski definition) is 5. The van der Waals surface area contributed by atoms with Gasteiger partial charge in [-0.25, -0.2) is 4.79 Å². The minimum absolute atomic E-state index is 0.408. The summed E-state index contributed by atoms with van der Waals surface area (Å²) in [4.78, 5) is 25.0. The van der Waals surface area contributed by atoms with Gasteiger partial charge in [0.25, 0.3) is 5.91 Å². The smallest absolute Gasteiger partial charge is 0.331 e. The fourth-order valence-corrected chi connectivity index (χ4v) is 2.90. The fraction of sp³-hybridized carbons (Fsp3) is 0.0909. The Morgan fingerprint density at radius 2 is 1.68 bits per heavy atom. The largest absolute Gasteiger partial charge is 0.457 e. The number of esters is 1. The Bertz CT molecular complexity index is 934. The third-order valence-corrected chi connectivity index (χ3v) is 4.53. The third kappa shape index (κ3) is 5.82. The van der Waals surface area contributed by atoms with Crippen LogP contribution in [-0.4, -0.2) is 18.0 Å². The highest BCUT2D eigenvalue weighted by atomic mass is 32.1. The summed E-state index contributed by atoms with van der Waals surface area (Å²) >= 11 is 1.51. The number of para-hydroxylation sites is 1. The number of hydrogen-bond donors (Lipinski definition) is 1. The standard InChI is InChI=1S/C22H19NO4S/c1-16(26-21(24)14-13-20-8-5-15-28-20)22(25)23-17-9-11-19(12-10-17)27-18-6-3-2-4-7-18/h2-16H,1H3,(H,23,25). The van der Waals surface area contributed by atoms with Gasteiger partial charge in [0.2, 0.25) is 0 Å².